The maximum Gasteiger partial charge on any atom is 0.279 e. The number of nitro benzene ring substituents is 1. The van der Waals surface area contributed by atoms with Gasteiger partial charge in [-0.3, -0.25) is 29.6 Å². The molecule has 2 amide bonds. The third-order valence-corrected chi connectivity index (χ3v) is 13.1. The lowest BCUT2D eigenvalue weighted by atomic mass is 9.82. The first kappa shape index (κ1) is 35.9. The van der Waals surface area contributed by atoms with Crippen LogP contribution in [0.5, 0.6) is 0 Å². The zero-order valence-corrected chi connectivity index (χ0v) is 30.6. The predicted molar refractivity (Wildman–Crippen MR) is 200 cm³/mol. The topological polar surface area (TPSA) is 151 Å². The fourth-order valence-corrected chi connectivity index (χ4v) is 10.7. The summed E-state index contributed by atoms with van der Waals surface area (Å²) in [6.07, 6.45) is -1.25. The number of nitro groups is 1. The van der Waals surface area contributed by atoms with Crippen LogP contribution < -0.4 is 10.5 Å². The van der Waals surface area contributed by atoms with Gasteiger partial charge in [0.2, 0.25) is 14.3 Å². The van der Waals surface area contributed by atoms with Crippen molar-refractivity contribution in [3.8, 4) is 5.69 Å². The van der Waals surface area contributed by atoms with Gasteiger partial charge in [0, 0.05) is 42.2 Å². The van der Waals surface area contributed by atoms with E-state index in [9.17, 15) is 29.6 Å². The maximum atomic E-state index is 16.4. The number of hydrogen-bond donors (Lipinski definition) is 2. The van der Waals surface area contributed by atoms with Gasteiger partial charge in [-0.2, -0.15) is 0 Å². The van der Waals surface area contributed by atoms with Crippen molar-refractivity contribution in [2.24, 2.45) is 5.92 Å². The van der Waals surface area contributed by atoms with Gasteiger partial charge in [0.15, 0.2) is 5.60 Å². The van der Waals surface area contributed by atoms with Gasteiger partial charge in [0.25, 0.3) is 17.2 Å². The Labute approximate surface area is 305 Å². The molecule has 4 aromatic carbocycles. The normalized spacial score (nSPS) is 21.0. The monoisotopic (exact) mass is 737 g/mol. The number of fused-ring (bicyclic) bond motifs is 3. The fraction of sp³-hybridized carbons (Fsp3) is 0.308. The lowest BCUT2D eigenvalue weighted by Gasteiger charge is -2.31. The number of aliphatic hydroxyl groups excluding tert-OH is 1. The van der Waals surface area contributed by atoms with Gasteiger partial charge in [-0.15, -0.1) is 0 Å². The van der Waals surface area contributed by atoms with Crippen LogP contribution >= 0.6 is 0 Å². The number of para-hydroxylation sites is 1. The molecule has 0 bridgehead atoms. The Bertz CT molecular complexity index is 2250. The van der Waals surface area contributed by atoms with E-state index in [1.165, 1.54) is 45.8 Å². The summed E-state index contributed by atoms with van der Waals surface area (Å²) in [6, 6.07) is 27.8. The highest BCUT2D eigenvalue weighted by atomic mass is 28.4. The van der Waals surface area contributed by atoms with E-state index in [1.54, 1.807) is 43.3 Å². The number of amides is 2. The molecule has 0 radical (unpaired) electrons. The smallest absolute Gasteiger partial charge is 0.279 e. The molecule has 0 aliphatic carbocycles. The molecule has 53 heavy (non-hydrogen) atoms. The third-order valence-electron chi connectivity index (χ3n) is 10.6. The van der Waals surface area contributed by atoms with Gasteiger partial charge in [-0.05, 0) is 54.6 Å². The Morgan fingerprint density at radius 1 is 1.02 bits per heavy atom. The summed E-state index contributed by atoms with van der Waals surface area (Å²) in [5, 5.41) is 25.5. The van der Waals surface area contributed by atoms with Crippen LogP contribution in [-0.4, -0.2) is 64.2 Å². The number of aromatic nitrogens is 2. The molecular formula is C39H40FN5O7Si. The van der Waals surface area contributed by atoms with E-state index in [4.69, 9.17) is 4.74 Å². The molecule has 0 unspecified atom stereocenters. The van der Waals surface area contributed by atoms with Crippen LogP contribution in [0.3, 0.4) is 0 Å². The second-order valence-corrected chi connectivity index (χ2v) is 18.1. The molecule has 2 aliphatic heterocycles. The standard InChI is InChI=1S/C39H40FN5O7Si/c1-25-36(53(2,3)40)34(22-35(47)42(19-20-46)23-26-9-5-4-6-10-26)52-39(25)31-21-29(45(50)51)17-18-33(31)43(38(39)49)24-27-13-15-28(16-14-27)44-37(48)30-11-7-8-12-32(30)41-44/h4-18,21,25,34,36,41,46H,19-20,22-24H2,1-3H3/t25-,34+,36-,39+/m1/s1. The molecule has 1 saturated heterocycles. The molecule has 3 heterocycles. The van der Waals surface area contributed by atoms with Crippen molar-refractivity contribution in [3.63, 3.8) is 0 Å². The molecule has 2 N–H and O–H groups in total. The van der Waals surface area contributed by atoms with Crippen molar-refractivity contribution < 1.29 is 28.5 Å². The Kier molecular flexibility index (Phi) is 9.38. The predicted octanol–water partition coefficient (Wildman–Crippen LogP) is 5.96. The van der Waals surface area contributed by atoms with Crippen molar-refractivity contribution in [2.45, 2.75) is 56.8 Å². The van der Waals surface area contributed by atoms with E-state index in [1.807, 2.05) is 42.5 Å². The third kappa shape index (κ3) is 6.36. The van der Waals surface area contributed by atoms with Gasteiger partial charge in [0.05, 0.1) is 52.9 Å². The van der Waals surface area contributed by atoms with Crippen molar-refractivity contribution >= 4 is 42.5 Å². The first-order valence-corrected chi connectivity index (χ1v) is 20.5. The Morgan fingerprint density at radius 3 is 2.38 bits per heavy atom. The molecule has 0 saturated carbocycles. The second kappa shape index (κ2) is 13.8. The molecule has 5 aromatic rings. The average Bonchev–Trinajstić information content (AvgIpc) is 3.71. The summed E-state index contributed by atoms with van der Waals surface area (Å²) in [5.41, 5.74) is 0.474. The van der Waals surface area contributed by atoms with Crippen molar-refractivity contribution in [3.05, 3.63) is 134 Å². The average molecular weight is 738 g/mol. The Hall–Kier alpha value is -5.44. The summed E-state index contributed by atoms with van der Waals surface area (Å²) < 4.78 is 24.6. The maximum absolute atomic E-state index is 16.4. The van der Waals surface area contributed by atoms with Crippen LogP contribution in [0.1, 0.15) is 30.0 Å². The van der Waals surface area contributed by atoms with Gasteiger partial charge >= 0.3 is 0 Å². The van der Waals surface area contributed by atoms with Crippen LogP contribution in [0.25, 0.3) is 16.6 Å². The number of rotatable bonds is 11. The van der Waals surface area contributed by atoms with Crippen LogP contribution in [0.4, 0.5) is 15.5 Å². The first-order chi connectivity index (χ1) is 25.3. The minimum atomic E-state index is -3.66. The van der Waals surface area contributed by atoms with E-state index in [0.29, 0.717) is 27.8 Å². The number of ether oxygens (including phenoxy) is 1. The second-order valence-electron chi connectivity index (χ2n) is 14.3. The highest BCUT2D eigenvalue weighted by molar-refractivity contribution is 6.72. The lowest BCUT2D eigenvalue weighted by molar-refractivity contribution is -0.385. The highest BCUT2D eigenvalue weighted by Gasteiger charge is 2.67. The molecule has 1 fully saturated rings. The molecule has 14 heteroatoms. The number of H-pyrrole nitrogens is 1. The zero-order chi connectivity index (χ0) is 37.7. The van der Waals surface area contributed by atoms with Gasteiger partial charge < -0.3 is 23.8 Å². The van der Waals surface area contributed by atoms with E-state index < -0.39 is 42.4 Å². The number of non-ortho nitro benzene ring substituents is 1. The molecule has 7 rings (SSSR count). The Balaban J connectivity index is 1.22. The number of anilines is 1. The number of aromatic amines is 1. The van der Waals surface area contributed by atoms with E-state index in [-0.39, 0.29) is 55.4 Å². The number of hydrogen-bond acceptors (Lipinski definition) is 7. The Morgan fingerprint density at radius 2 is 1.72 bits per heavy atom. The molecule has 12 nitrogen and oxygen atoms in total. The van der Waals surface area contributed by atoms with Crippen LogP contribution in [-0.2, 0) is 33.0 Å². The number of halogens is 1. The van der Waals surface area contributed by atoms with Gasteiger partial charge in [0.1, 0.15) is 0 Å². The number of carbonyl (C=O) groups is 2. The summed E-state index contributed by atoms with van der Waals surface area (Å²) in [7, 11) is -3.66. The van der Waals surface area contributed by atoms with Crippen molar-refractivity contribution in [1.82, 2.24) is 14.7 Å². The molecule has 1 aromatic heterocycles. The van der Waals surface area contributed by atoms with E-state index >= 15 is 4.11 Å². The zero-order valence-electron chi connectivity index (χ0n) is 29.6. The summed E-state index contributed by atoms with van der Waals surface area (Å²) in [5.74, 6) is -1.64. The van der Waals surface area contributed by atoms with Crippen LogP contribution in [0.2, 0.25) is 18.6 Å². The first-order valence-electron chi connectivity index (χ1n) is 17.5. The van der Waals surface area contributed by atoms with E-state index in [0.717, 1.165) is 5.56 Å². The minimum absolute atomic E-state index is 0.0533. The number of benzene rings is 4. The molecular weight excluding hydrogens is 698 g/mol. The van der Waals surface area contributed by atoms with Crippen molar-refractivity contribution in [1.29, 1.82) is 0 Å². The molecule has 4 atom stereocenters. The summed E-state index contributed by atoms with van der Waals surface area (Å²) in [6.45, 7) is 4.85. The number of nitrogens with one attached hydrogen (secondary N) is 1. The molecule has 274 valence electrons. The van der Waals surface area contributed by atoms with Gasteiger partial charge in [-0.25, -0.2) is 4.68 Å². The number of carbonyl (C=O) groups excluding carboxylic acids is 2. The van der Waals surface area contributed by atoms with Crippen LogP contribution in [0.15, 0.2) is 102 Å². The SMILES string of the molecule is C[C@@H]1[C@@H]([Si](C)(C)F)[C@H](CC(=O)N(CCO)Cc2ccccc2)O[C@@]12C(=O)N(Cc1ccc(-n3[nH]c4ccccc4c3=O)cc1)c1ccc([N+](=O)[O-])cc12. The number of aliphatic hydroxyl groups is 1. The van der Waals surface area contributed by atoms with E-state index in [2.05, 4.69) is 5.10 Å². The number of nitrogens with zero attached hydrogens (tertiary/aromatic N) is 4. The summed E-state index contributed by atoms with van der Waals surface area (Å²) in [4.78, 5) is 56.2. The minimum Gasteiger partial charge on any atom is -0.395 e. The van der Waals surface area contributed by atoms with Gasteiger partial charge in [-0.1, -0.05) is 61.5 Å². The molecule has 2 aliphatic rings. The summed E-state index contributed by atoms with van der Waals surface area (Å²) >= 11 is 0. The lowest BCUT2D eigenvalue weighted by Crippen LogP contribution is -2.45. The molecule has 1 spiro atoms. The van der Waals surface area contributed by atoms with Crippen LogP contribution in [0, 0.1) is 16.0 Å². The van der Waals surface area contributed by atoms with Crippen molar-refractivity contribution in [2.75, 3.05) is 18.1 Å². The highest BCUT2D eigenvalue weighted by Crippen LogP contribution is 2.60. The quantitative estimate of drug-likeness (QED) is 0.0735. The fourth-order valence-electron chi connectivity index (χ4n) is 8.20. The largest absolute Gasteiger partial charge is 0.395 e.